The van der Waals surface area contributed by atoms with Crippen LogP contribution in [0.15, 0.2) is 30.3 Å². The molecule has 1 aliphatic heterocycles. The van der Waals surface area contributed by atoms with Gasteiger partial charge in [0.1, 0.15) is 0 Å². The Hall–Kier alpha value is -1.00. The summed E-state index contributed by atoms with van der Waals surface area (Å²) in [5.74, 6) is 0. The Kier molecular flexibility index (Phi) is 4.45. The minimum absolute atomic E-state index is 0.190. The SMILES string of the molecule is FC(F)CN[C@@H]1CCN[C@H](c2ccccc2)C1. The van der Waals surface area contributed by atoms with Gasteiger partial charge in [-0.2, -0.15) is 0 Å². The molecule has 1 saturated heterocycles. The van der Waals surface area contributed by atoms with Crippen molar-refractivity contribution in [3.05, 3.63) is 35.9 Å². The van der Waals surface area contributed by atoms with Crippen LogP contribution in [0.2, 0.25) is 0 Å². The fraction of sp³-hybridized carbons (Fsp3) is 0.538. The van der Waals surface area contributed by atoms with Gasteiger partial charge in [-0.25, -0.2) is 8.78 Å². The number of hydrogen-bond acceptors (Lipinski definition) is 2. The van der Waals surface area contributed by atoms with Crippen LogP contribution in [-0.4, -0.2) is 25.6 Å². The van der Waals surface area contributed by atoms with Crippen LogP contribution in [0.1, 0.15) is 24.4 Å². The van der Waals surface area contributed by atoms with Crippen molar-refractivity contribution in [2.24, 2.45) is 0 Å². The Morgan fingerprint density at radius 2 is 2.06 bits per heavy atom. The number of piperidine rings is 1. The van der Waals surface area contributed by atoms with Crippen LogP contribution < -0.4 is 10.6 Å². The van der Waals surface area contributed by atoms with Gasteiger partial charge < -0.3 is 10.6 Å². The molecule has 2 N–H and O–H groups in total. The number of nitrogens with one attached hydrogen (secondary N) is 2. The molecule has 0 spiro atoms. The summed E-state index contributed by atoms with van der Waals surface area (Å²) in [6.07, 6.45) is -0.479. The Balaban J connectivity index is 1.89. The van der Waals surface area contributed by atoms with Crippen LogP contribution in [0.5, 0.6) is 0 Å². The predicted molar refractivity (Wildman–Crippen MR) is 64.2 cm³/mol. The van der Waals surface area contributed by atoms with Crippen molar-refractivity contribution < 1.29 is 8.78 Å². The number of alkyl halides is 2. The molecule has 0 saturated carbocycles. The van der Waals surface area contributed by atoms with E-state index in [0.717, 1.165) is 19.4 Å². The van der Waals surface area contributed by atoms with Gasteiger partial charge in [-0.1, -0.05) is 30.3 Å². The number of rotatable bonds is 4. The molecule has 2 nitrogen and oxygen atoms in total. The molecule has 1 heterocycles. The van der Waals surface area contributed by atoms with Gasteiger partial charge in [0, 0.05) is 12.1 Å². The third-order valence-electron chi connectivity index (χ3n) is 3.17. The first-order valence-electron chi connectivity index (χ1n) is 6.05. The zero-order valence-electron chi connectivity index (χ0n) is 9.70. The van der Waals surface area contributed by atoms with Gasteiger partial charge >= 0.3 is 0 Å². The van der Waals surface area contributed by atoms with Crippen LogP contribution in [0.25, 0.3) is 0 Å². The minimum Gasteiger partial charge on any atom is -0.310 e. The lowest BCUT2D eigenvalue weighted by molar-refractivity contribution is 0.136. The first-order chi connectivity index (χ1) is 8.25. The molecule has 1 fully saturated rings. The Bertz CT molecular complexity index is 329. The summed E-state index contributed by atoms with van der Waals surface area (Å²) in [7, 11) is 0. The third-order valence-corrected chi connectivity index (χ3v) is 3.17. The van der Waals surface area contributed by atoms with Crippen molar-refractivity contribution in [3.8, 4) is 0 Å². The molecule has 0 unspecified atom stereocenters. The summed E-state index contributed by atoms with van der Waals surface area (Å²) in [4.78, 5) is 0. The summed E-state index contributed by atoms with van der Waals surface area (Å²) in [6.45, 7) is 0.673. The van der Waals surface area contributed by atoms with Crippen molar-refractivity contribution in [2.45, 2.75) is 31.4 Å². The van der Waals surface area contributed by atoms with Crippen LogP contribution in [0, 0.1) is 0 Å². The topological polar surface area (TPSA) is 24.1 Å². The summed E-state index contributed by atoms with van der Waals surface area (Å²) in [5, 5.41) is 6.36. The van der Waals surface area contributed by atoms with Crippen molar-refractivity contribution >= 4 is 0 Å². The standard InChI is InChI=1S/C13H18F2N2/c14-13(15)9-17-11-6-7-16-12(8-11)10-4-2-1-3-5-10/h1-5,11-13,16-17H,6-9H2/t11-,12+/m1/s1. The molecule has 1 aromatic rings. The maximum absolute atomic E-state index is 12.1. The lowest BCUT2D eigenvalue weighted by Gasteiger charge is -2.31. The molecule has 2 atom stereocenters. The molecule has 2 rings (SSSR count). The predicted octanol–water partition coefficient (Wildman–Crippen LogP) is 2.33. The first-order valence-corrected chi connectivity index (χ1v) is 6.05. The molecule has 1 aromatic carbocycles. The zero-order chi connectivity index (χ0) is 12.1. The summed E-state index contributed by atoms with van der Waals surface area (Å²) in [6, 6.07) is 10.6. The third kappa shape index (κ3) is 3.75. The lowest BCUT2D eigenvalue weighted by atomic mass is 9.94. The molecule has 0 aliphatic carbocycles. The van der Waals surface area contributed by atoms with E-state index in [2.05, 4.69) is 22.8 Å². The molecular weight excluding hydrogens is 222 g/mol. The Labute approximate surface area is 100 Å². The fourth-order valence-corrected chi connectivity index (χ4v) is 2.30. The van der Waals surface area contributed by atoms with Gasteiger partial charge in [-0.05, 0) is 24.9 Å². The molecule has 0 amide bonds. The highest BCUT2D eigenvalue weighted by Crippen LogP contribution is 2.22. The van der Waals surface area contributed by atoms with Crippen LogP contribution in [0.4, 0.5) is 8.78 Å². The van der Waals surface area contributed by atoms with E-state index in [1.54, 1.807) is 0 Å². The van der Waals surface area contributed by atoms with Gasteiger partial charge in [0.05, 0.1) is 6.54 Å². The second kappa shape index (κ2) is 6.07. The molecule has 0 bridgehead atoms. The van der Waals surface area contributed by atoms with Crippen LogP contribution in [-0.2, 0) is 0 Å². The maximum atomic E-state index is 12.1. The van der Waals surface area contributed by atoms with Gasteiger partial charge in [0.2, 0.25) is 0 Å². The van der Waals surface area contributed by atoms with E-state index in [1.165, 1.54) is 5.56 Å². The van der Waals surface area contributed by atoms with Crippen molar-refractivity contribution in [3.63, 3.8) is 0 Å². The van der Waals surface area contributed by atoms with Crippen molar-refractivity contribution in [2.75, 3.05) is 13.1 Å². The average molecular weight is 240 g/mol. The summed E-state index contributed by atoms with van der Waals surface area (Å²) < 4.78 is 24.3. The number of benzene rings is 1. The van der Waals surface area contributed by atoms with Crippen LogP contribution in [0.3, 0.4) is 0 Å². The molecule has 94 valence electrons. The molecule has 17 heavy (non-hydrogen) atoms. The second-order valence-electron chi connectivity index (χ2n) is 4.44. The molecule has 0 radical (unpaired) electrons. The minimum atomic E-state index is -2.26. The highest BCUT2D eigenvalue weighted by atomic mass is 19.3. The zero-order valence-corrected chi connectivity index (χ0v) is 9.70. The Morgan fingerprint density at radius 1 is 1.29 bits per heavy atom. The monoisotopic (exact) mass is 240 g/mol. The van der Waals surface area contributed by atoms with Gasteiger partial charge in [0.15, 0.2) is 0 Å². The van der Waals surface area contributed by atoms with E-state index >= 15 is 0 Å². The van der Waals surface area contributed by atoms with E-state index in [9.17, 15) is 8.78 Å². The normalized spacial score (nSPS) is 25.1. The van der Waals surface area contributed by atoms with Crippen molar-refractivity contribution in [1.29, 1.82) is 0 Å². The summed E-state index contributed by atoms with van der Waals surface area (Å²) >= 11 is 0. The van der Waals surface area contributed by atoms with E-state index in [0.29, 0.717) is 0 Å². The average Bonchev–Trinajstić information content (AvgIpc) is 2.38. The van der Waals surface area contributed by atoms with Gasteiger partial charge in [-0.3, -0.25) is 0 Å². The van der Waals surface area contributed by atoms with E-state index in [-0.39, 0.29) is 18.6 Å². The maximum Gasteiger partial charge on any atom is 0.250 e. The lowest BCUT2D eigenvalue weighted by Crippen LogP contribution is -2.43. The van der Waals surface area contributed by atoms with Gasteiger partial charge in [0.25, 0.3) is 6.43 Å². The summed E-state index contributed by atoms with van der Waals surface area (Å²) in [5.41, 5.74) is 1.23. The van der Waals surface area contributed by atoms with Crippen molar-refractivity contribution in [1.82, 2.24) is 10.6 Å². The van der Waals surface area contributed by atoms with E-state index in [1.807, 2.05) is 18.2 Å². The van der Waals surface area contributed by atoms with E-state index < -0.39 is 6.43 Å². The quantitative estimate of drug-likeness (QED) is 0.844. The number of hydrogen-bond donors (Lipinski definition) is 2. The van der Waals surface area contributed by atoms with Crippen LogP contribution >= 0.6 is 0 Å². The molecule has 4 heteroatoms. The number of halogens is 2. The highest BCUT2D eigenvalue weighted by Gasteiger charge is 2.22. The smallest absolute Gasteiger partial charge is 0.250 e. The second-order valence-corrected chi connectivity index (χ2v) is 4.44. The largest absolute Gasteiger partial charge is 0.310 e. The molecule has 1 aliphatic rings. The Morgan fingerprint density at radius 3 is 2.76 bits per heavy atom. The highest BCUT2D eigenvalue weighted by molar-refractivity contribution is 5.19. The molecule has 0 aromatic heterocycles. The first kappa shape index (κ1) is 12.5. The fourth-order valence-electron chi connectivity index (χ4n) is 2.30. The molecular formula is C13H18F2N2. The van der Waals surface area contributed by atoms with Gasteiger partial charge in [-0.15, -0.1) is 0 Å². The van der Waals surface area contributed by atoms with E-state index in [4.69, 9.17) is 0 Å².